The van der Waals surface area contributed by atoms with E-state index in [1.54, 1.807) is 38.3 Å². The predicted octanol–water partition coefficient (Wildman–Crippen LogP) is 5.97. The Labute approximate surface area is 226 Å². The summed E-state index contributed by atoms with van der Waals surface area (Å²) >= 11 is 1.41. The van der Waals surface area contributed by atoms with Crippen LogP contribution in [0.4, 0.5) is 13.2 Å². The van der Waals surface area contributed by atoms with Crippen molar-refractivity contribution in [3.05, 3.63) is 45.5 Å². The maximum absolute atomic E-state index is 13.8. The smallest absolute Gasteiger partial charge is 0.412 e. The van der Waals surface area contributed by atoms with Crippen LogP contribution in [-0.4, -0.2) is 51.4 Å². The van der Waals surface area contributed by atoms with Crippen molar-refractivity contribution in [2.45, 2.75) is 91.7 Å². The Kier molecular flexibility index (Phi) is 11.1. The zero-order valence-corrected chi connectivity index (χ0v) is 23.5. The molecule has 0 saturated carbocycles. The molecule has 38 heavy (non-hydrogen) atoms. The SMILES string of the molecule is C/C(=C\c1csc(C)n1)C1C/C=C(/C(F)(F)F)C/C=C/CC(C)[C@H](O)[C@@H](C)C(=O)C(C)(C)[C@@H](O)CC(=O)O1. The first kappa shape index (κ1) is 31.9. The van der Waals surface area contributed by atoms with Crippen molar-refractivity contribution < 1.29 is 37.7 Å². The molecule has 2 unspecified atom stereocenters. The van der Waals surface area contributed by atoms with Crippen LogP contribution in [0.25, 0.3) is 6.08 Å². The molecular formula is C28H38F3NO5S. The predicted molar refractivity (Wildman–Crippen MR) is 141 cm³/mol. The molecule has 2 N–H and O–H groups in total. The summed E-state index contributed by atoms with van der Waals surface area (Å²) in [6.45, 7) is 9.72. The van der Waals surface area contributed by atoms with Gasteiger partial charge in [0.25, 0.3) is 0 Å². The summed E-state index contributed by atoms with van der Waals surface area (Å²) in [4.78, 5) is 30.4. The van der Waals surface area contributed by atoms with Gasteiger partial charge in [0.15, 0.2) is 0 Å². The highest BCUT2D eigenvalue weighted by Gasteiger charge is 2.42. The standard InChI is InChI=1S/C28H38F3NO5S/c1-16-9-7-8-10-20(28(29,30)31)11-12-22(17(2)13-21-15-38-19(4)32-21)37-24(34)14-23(33)27(5,6)26(36)18(3)25(16)35/h7-8,11,13,15-16,18,22-23,25,33,35H,9-10,12,14H2,1-6H3/b8-7+,17-13+,20-11+/t16?,18-,22?,23+,25+/m1/s1. The van der Waals surface area contributed by atoms with E-state index in [4.69, 9.17) is 4.74 Å². The van der Waals surface area contributed by atoms with Gasteiger partial charge in [-0.3, -0.25) is 9.59 Å². The molecule has 0 radical (unpaired) electrons. The summed E-state index contributed by atoms with van der Waals surface area (Å²) in [7, 11) is 0. The van der Waals surface area contributed by atoms with Crippen LogP contribution in [0.5, 0.6) is 0 Å². The van der Waals surface area contributed by atoms with Crippen molar-refractivity contribution in [3.63, 3.8) is 0 Å². The number of cyclic esters (lactones) is 1. The van der Waals surface area contributed by atoms with Crippen LogP contribution in [0.1, 0.15) is 71.0 Å². The molecule has 0 bridgehead atoms. The Hall–Kier alpha value is -2.30. The van der Waals surface area contributed by atoms with Gasteiger partial charge in [0.2, 0.25) is 0 Å². The van der Waals surface area contributed by atoms with Gasteiger partial charge in [-0.05, 0) is 44.3 Å². The molecule has 1 aromatic rings. The number of ether oxygens (including phenoxy) is 1. The topological polar surface area (TPSA) is 96.7 Å². The minimum atomic E-state index is -4.59. The van der Waals surface area contributed by atoms with Crippen LogP contribution in [0, 0.1) is 24.2 Å². The number of hydrogen-bond donors (Lipinski definition) is 2. The maximum Gasteiger partial charge on any atom is 0.412 e. The quantitative estimate of drug-likeness (QED) is 0.343. The van der Waals surface area contributed by atoms with E-state index in [0.717, 1.165) is 11.1 Å². The number of thiazole rings is 1. The highest BCUT2D eigenvalue weighted by molar-refractivity contribution is 7.09. The molecule has 0 aliphatic carbocycles. The molecule has 0 aromatic carbocycles. The highest BCUT2D eigenvalue weighted by atomic mass is 32.1. The molecular weight excluding hydrogens is 519 g/mol. The molecule has 0 saturated heterocycles. The summed E-state index contributed by atoms with van der Waals surface area (Å²) in [5.41, 5.74) is -1.06. The van der Waals surface area contributed by atoms with Crippen LogP contribution in [0.15, 0.2) is 34.8 Å². The first-order chi connectivity index (χ1) is 17.5. The number of nitrogens with zero attached hydrogens (tertiary/aromatic N) is 1. The fraction of sp³-hybridized carbons (Fsp3) is 0.607. The molecule has 5 atom stereocenters. The van der Waals surface area contributed by atoms with E-state index in [0.29, 0.717) is 11.3 Å². The van der Waals surface area contributed by atoms with Crippen molar-refractivity contribution in [1.29, 1.82) is 0 Å². The molecule has 1 aliphatic rings. The van der Waals surface area contributed by atoms with Crippen LogP contribution in [-0.2, 0) is 14.3 Å². The third-order valence-corrected chi connectivity index (χ3v) is 7.88. The molecule has 1 aliphatic heterocycles. The number of allylic oxidation sites excluding steroid dienone is 3. The Morgan fingerprint density at radius 2 is 1.84 bits per heavy atom. The molecule has 0 fully saturated rings. The number of aliphatic hydroxyl groups is 2. The second-order valence-corrected chi connectivity index (χ2v) is 11.7. The van der Waals surface area contributed by atoms with Crippen molar-refractivity contribution >= 4 is 29.2 Å². The van der Waals surface area contributed by atoms with Crippen molar-refractivity contribution in [2.75, 3.05) is 0 Å². The van der Waals surface area contributed by atoms with Crippen LogP contribution >= 0.6 is 11.3 Å². The van der Waals surface area contributed by atoms with Gasteiger partial charge in [-0.2, -0.15) is 13.2 Å². The first-order valence-electron chi connectivity index (χ1n) is 12.7. The number of carbonyl (C=O) groups excluding carboxylic acids is 2. The molecule has 1 aromatic heterocycles. The Morgan fingerprint density at radius 1 is 1.18 bits per heavy atom. The average molecular weight is 558 g/mol. The summed E-state index contributed by atoms with van der Waals surface area (Å²) < 4.78 is 46.9. The summed E-state index contributed by atoms with van der Waals surface area (Å²) in [5.74, 6) is -2.54. The minimum Gasteiger partial charge on any atom is -0.457 e. The largest absolute Gasteiger partial charge is 0.457 e. The van der Waals surface area contributed by atoms with Crippen LogP contribution in [0.3, 0.4) is 0 Å². The number of hydrogen-bond acceptors (Lipinski definition) is 7. The molecule has 212 valence electrons. The van der Waals surface area contributed by atoms with Gasteiger partial charge in [-0.25, -0.2) is 4.98 Å². The van der Waals surface area contributed by atoms with Gasteiger partial charge in [0.05, 0.1) is 34.7 Å². The number of aromatic nitrogens is 1. The number of Topliss-reactive ketones (excluding diaryl/α,β-unsaturated/α-hetero) is 1. The highest BCUT2D eigenvalue weighted by Crippen LogP contribution is 2.33. The van der Waals surface area contributed by atoms with E-state index in [9.17, 15) is 33.0 Å². The van der Waals surface area contributed by atoms with Crippen molar-refractivity contribution in [3.8, 4) is 0 Å². The summed E-state index contributed by atoms with van der Waals surface area (Å²) in [6, 6.07) is 0. The van der Waals surface area contributed by atoms with Gasteiger partial charge < -0.3 is 14.9 Å². The van der Waals surface area contributed by atoms with E-state index in [-0.39, 0.29) is 19.3 Å². The fourth-order valence-corrected chi connectivity index (χ4v) is 4.91. The number of ketones is 1. The Bertz CT molecular complexity index is 1070. The Morgan fingerprint density at radius 3 is 2.42 bits per heavy atom. The first-order valence-corrected chi connectivity index (χ1v) is 13.5. The molecule has 0 amide bonds. The lowest BCUT2D eigenvalue weighted by Crippen LogP contribution is -2.45. The number of rotatable bonds is 2. The Balaban J connectivity index is 2.47. The van der Waals surface area contributed by atoms with Gasteiger partial charge in [0.1, 0.15) is 11.9 Å². The van der Waals surface area contributed by atoms with Gasteiger partial charge in [-0.1, -0.05) is 45.9 Å². The molecule has 6 nitrogen and oxygen atoms in total. The zero-order valence-electron chi connectivity index (χ0n) is 22.7. The molecule has 2 rings (SSSR count). The van der Waals surface area contributed by atoms with Gasteiger partial charge in [0, 0.05) is 23.3 Å². The maximum atomic E-state index is 13.8. The lowest BCUT2D eigenvalue weighted by atomic mass is 9.73. The lowest BCUT2D eigenvalue weighted by Gasteiger charge is -2.34. The third-order valence-electron chi connectivity index (χ3n) is 7.09. The summed E-state index contributed by atoms with van der Waals surface area (Å²) in [5, 5.41) is 24.1. The molecule has 0 spiro atoms. The number of carbonyl (C=O) groups is 2. The molecule has 10 heteroatoms. The number of aryl methyl sites for hydroxylation is 1. The molecule has 2 heterocycles. The normalized spacial score (nSPS) is 31.2. The summed E-state index contributed by atoms with van der Waals surface area (Å²) in [6.07, 6.45) is -3.37. The van der Waals surface area contributed by atoms with Crippen molar-refractivity contribution in [2.24, 2.45) is 17.3 Å². The number of halogens is 3. The van der Waals surface area contributed by atoms with E-state index in [2.05, 4.69) is 4.98 Å². The van der Waals surface area contributed by atoms with E-state index in [1.165, 1.54) is 31.3 Å². The van der Waals surface area contributed by atoms with E-state index >= 15 is 0 Å². The second kappa shape index (κ2) is 13.2. The van der Waals surface area contributed by atoms with Crippen LogP contribution in [0.2, 0.25) is 0 Å². The van der Waals surface area contributed by atoms with E-state index in [1.807, 2.05) is 6.92 Å². The number of aliphatic hydroxyl groups excluding tert-OH is 2. The lowest BCUT2D eigenvalue weighted by molar-refractivity contribution is -0.154. The zero-order chi connectivity index (χ0) is 28.8. The van der Waals surface area contributed by atoms with Gasteiger partial charge >= 0.3 is 12.1 Å². The van der Waals surface area contributed by atoms with Crippen molar-refractivity contribution in [1.82, 2.24) is 4.98 Å². The number of esters is 1. The fourth-order valence-electron chi connectivity index (χ4n) is 4.34. The average Bonchev–Trinajstić information content (AvgIpc) is 3.23. The van der Waals surface area contributed by atoms with Gasteiger partial charge in [-0.15, -0.1) is 11.3 Å². The third kappa shape index (κ3) is 8.61. The van der Waals surface area contributed by atoms with Crippen LogP contribution < -0.4 is 0 Å². The van der Waals surface area contributed by atoms with E-state index < -0.39 is 65.5 Å². The number of alkyl halides is 3. The minimum absolute atomic E-state index is 0.232. The second-order valence-electron chi connectivity index (χ2n) is 10.6. The monoisotopic (exact) mass is 557 g/mol.